The van der Waals surface area contributed by atoms with Gasteiger partial charge in [0.1, 0.15) is 5.82 Å². The molecule has 0 unspecified atom stereocenters. The number of nitrogens with zero attached hydrogens (tertiary/aromatic N) is 3. The Balaban J connectivity index is 1.47. The van der Waals surface area contributed by atoms with Crippen molar-refractivity contribution in [3.05, 3.63) is 33.4 Å². The number of halogens is 3. The van der Waals surface area contributed by atoms with Crippen LogP contribution in [-0.2, 0) is 11.1 Å². The highest BCUT2D eigenvalue weighted by Crippen LogP contribution is 2.61. The Morgan fingerprint density at radius 1 is 1.31 bits per heavy atom. The van der Waals surface area contributed by atoms with E-state index in [9.17, 15) is 8.78 Å². The molecule has 0 radical (unpaired) electrons. The zero-order chi connectivity index (χ0) is 18.6. The fraction of sp³-hybridized carbons (Fsp3) is 0.611. The van der Waals surface area contributed by atoms with E-state index >= 15 is 0 Å². The fourth-order valence-corrected chi connectivity index (χ4v) is 4.78. The van der Waals surface area contributed by atoms with E-state index in [-0.39, 0.29) is 22.5 Å². The maximum absolute atomic E-state index is 14.1. The smallest absolute Gasteiger partial charge is 0.263 e. The van der Waals surface area contributed by atoms with Gasteiger partial charge in [-0.1, -0.05) is 5.16 Å². The maximum atomic E-state index is 14.1. The predicted molar refractivity (Wildman–Crippen MR) is 101 cm³/mol. The minimum atomic E-state index is -1.62. The highest BCUT2D eigenvalue weighted by Gasteiger charge is 2.57. The first-order valence-electron chi connectivity index (χ1n) is 8.80. The lowest BCUT2D eigenvalue weighted by atomic mass is 9.81. The minimum absolute atomic E-state index is 0.0505. The van der Waals surface area contributed by atoms with Crippen LogP contribution >= 0.6 is 22.6 Å². The molecule has 0 saturated heterocycles. The summed E-state index contributed by atoms with van der Waals surface area (Å²) in [6, 6.07) is 1.72. The van der Waals surface area contributed by atoms with Crippen LogP contribution in [0.3, 0.4) is 0 Å². The molecule has 5 nitrogen and oxygen atoms in total. The van der Waals surface area contributed by atoms with Gasteiger partial charge in [-0.05, 0) is 80.0 Å². The molecule has 0 amide bonds. The van der Waals surface area contributed by atoms with Crippen molar-refractivity contribution in [3.8, 4) is 0 Å². The average molecular weight is 474 g/mol. The monoisotopic (exact) mass is 474 g/mol. The summed E-state index contributed by atoms with van der Waals surface area (Å²) in [4.78, 5) is 8.49. The van der Waals surface area contributed by atoms with Gasteiger partial charge in [-0.15, -0.1) is 0 Å². The Morgan fingerprint density at radius 3 is 2.65 bits per heavy atom. The first kappa shape index (κ1) is 18.1. The Labute approximate surface area is 164 Å². The van der Waals surface area contributed by atoms with E-state index in [1.165, 1.54) is 20.0 Å². The zero-order valence-corrected chi connectivity index (χ0v) is 16.9. The summed E-state index contributed by atoms with van der Waals surface area (Å²) in [5.74, 6) is 1.08. The number of fused-ring (bicyclic) bond motifs is 2. The number of pyridine rings is 1. The first-order chi connectivity index (χ1) is 12.2. The lowest BCUT2D eigenvalue weighted by molar-refractivity contribution is 0.155. The lowest BCUT2D eigenvalue weighted by Crippen LogP contribution is -2.25. The Hall–Kier alpha value is -1.32. The Bertz CT molecular complexity index is 825. The second kappa shape index (κ2) is 6.10. The van der Waals surface area contributed by atoms with E-state index in [0.29, 0.717) is 15.2 Å². The van der Waals surface area contributed by atoms with E-state index in [1.54, 1.807) is 6.07 Å². The average Bonchev–Trinajstić information content (AvgIpc) is 3.29. The van der Waals surface area contributed by atoms with Crippen LogP contribution in [0.2, 0.25) is 0 Å². The first-order valence-corrected chi connectivity index (χ1v) is 9.88. The van der Waals surface area contributed by atoms with Crippen molar-refractivity contribution in [3.63, 3.8) is 0 Å². The van der Waals surface area contributed by atoms with Crippen molar-refractivity contribution in [2.75, 3.05) is 11.9 Å². The van der Waals surface area contributed by atoms with Crippen LogP contribution < -0.4 is 5.32 Å². The molecule has 2 heterocycles. The molecular formula is C18H21F2IN4O. The topological polar surface area (TPSA) is 63.8 Å². The van der Waals surface area contributed by atoms with Gasteiger partial charge in [-0.25, -0.2) is 13.8 Å². The molecule has 0 spiro atoms. The molecular weight excluding hydrogens is 453 g/mol. The van der Waals surface area contributed by atoms with Crippen molar-refractivity contribution in [2.24, 2.45) is 5.41 Å². The summed E-state index contributed by atoms with van der Waals surface area (Å²) in [6.07, 6.45) is 6.28. The van der Waals surface area contributed by atoms with Gasteiger partial charge in [0.05, 0.1) is 9.77 Å². The molecule has 2 bridgehead atoms. The minimum Gasteiger partial charge on any atom is -0.369 e. The number of anilines is 1. The van der Waals surface area contributed by atoms with Gasteiger partial charge < -0.3 is 9.84 Å². The second-order valence-electron chi connectivity index (χ2n) is 8.19. The van der Waals surface area contributed by atoms with Crippen LogP contribution in [0.25, 0.3) is 0 Å². The third kappa shape index (κ3) is 3.10. The van der Waals surface area contributed by atoms with E-state index in [0.717, 1.165) is 38.6 Å². The van der Waals surface area contributed by atoms with Gasteiger partial charge in [0, 0.05) is 12.0 Å². The van der Waals surface area contributed by atoms with Crippen LogP contribution in [0.4, 0.5) is 14.6 Å². The normalized spacial score (nSPS) is 27.9. The van der Waals surface area contributed by atoms with Gasteiger partial charge in [0.2, 0.25) is 0 Å². The summed E-state index contributed by atoms with van der Waals surface area (Å²) in [6.45, 7) is 3.63. The zero-order valence-electron chi connectivity index (χ0n) is 14.8. The summed E-state index contributed by atoms with van der Waals surface area (Å²) >= 11 is 1.96. The Morgan fingerprint density at radius 2 is 2.04 bits per heavy atom. The molecule has 2 aromatic rings. The van der Waals surface area contributed by atoms with Crippen molar-refractivity contribution in [2.45, 2.75) is 57.0 Å². The summed E-state index contributed by atoms with van der Waals surface area (Å²) in [7, 11) is 0. The molecule has 2 aliphatic carbocycles. The molecule has 8 heteroatoms. The molecule has 2 saturated carbocycles. The van der Waals surface area contributed by atoms with Crippen molar-refractivity contribution in [1.82, 2.24) is 15.1 Å². The number of alkyl halides is 1. The molecule has 0 atom stereocenters. The highest BCUT2D eigenvalue weighted by molar-refractivity contribution is 14.1. The molecule has 2 aromatic heterocycles. The molecule has 140 valence electrons. The molecule has 0 aromatic carbocycles. The van der Waals surface area contributed by atoms with Crippen molar-refractivity contribution in [1.29, 1.82) is 0 Å². The van der Waals surface area contributed by atoms with E-state index < -0.39 is 5.67 Å². The Kier molecular flexibility index (Phi) is 4.24. The van der Waals surface area contributed by atoms with E-state index in [4.69, 9.17) is 4.52 Å². The van der Waals surface area contributed by atoms with Gasteiger partial charge in [0.25, 0.3) is 5.89 Å². The van der Waals surface area contributed by atoms with E-state index in [1.807, 2.05) is 22.6 Å². The van der Waals surface area contributed by atoms with Crippen LogP contribution in [0.1, 0.15) is 57.7 Å². The third-order valence-corrected chi connectivity index (χ3v) is 6.67. The number of aromatic nitrogens is 3. The number of nitrogens with one attached hydrogen (secondary N) is 1. The molecule has 0 aliphatic heterocycles. The molecule has 26 heavy (non-hydrogen) atoms. The quantitative estimate of drug-likeness (QED) is 0.636. The molecule has 2 fully saturated rings. The highest BCUT2D eigenvalue weighted by atomic mass is 127. The van der Waals surface area contributed by atoms with Crippen molar-refractivity contribution >= 4 is 28.4 Å². The summed E-state index contributed by atoms with van der Waals surface area (Å²) in [5, 5.41) is 7.47. The molecule has 4 rings (SSSR count). The maximum Gasteiger partial charge on any atom is 0.263 e. The second-order valence-corrected chi connectivity index (χ2v) is 9.35. The van der Waals surface area contributed by atoms with Crippen molar-refractivity contribution < 1.29 is 13.3 Å². The summed E-state index contributed by atoms with van der Waals surface area (Å²) in [5.41, 5.74) is -1.59. The van der Waals surface area contributed by atoms with Crippen LogP contribution in [-0.4, -0.2) is 21.7 Å². The molecule has 1 N–H and O–H groups in total. The largest absolute Gasteiger partial charge is 0.369 e. The summed E-state index contributed by atoms with van der Waals surface area (Å²) < 4.78 is 33.2. The standard InChI is InChI=1S/C18H21F2IN4O/c1-16(2,20)15-24-14(25-26-15)18-5-3-17(9-18,4-6-18)10-23-13-7-12(21)11(19)8-22-13/h7-8H,3-6,9-10H2,1-2H3,(H,22,23). The van der Waals surface area contributed by atoms with Crippen LogP contribution in [0, 0.1) is 14.8 Å². The predicted octanol–water partition coefficient (Wildman–Crippen LogP) is 4.73. The lowest BCUT2D eigenvalue weighted by Gasteiger charge is -2.27. The van der Waals surface area contributed by atoms with Gasteiger partial charge in [-0.3, -0.25) is 0 Å². The van der Waals surface area contributed by atoms with Gasteiger partial charge in [0.15, 0.2) is 17.3 Å². The van der Waals surface area contributed by atoms with Gasteiger partial charge in [-0.2, -0.15) is 4.98 Å². The number of rotatable bonds is 5. The fourth-order valence-electron chi connectivity index (χ4n) is 4.34. The number of hydrogen-bond donors (Lipinski definition) is 1. The van der Waals surface area contributed by atoms with Gasteiger partial charge >= 0.3 is 0 Å². The van der Waals surface area contributed by atoms with Crippen LogP contribution in [0.15, 0.2) is 16.8 Å². The molecule has 2 aliphatic rings. The van der Waals surface area contributed by atoms with Crippen LogP contribution in [0.5, 0.6) is 0 Å². The third-order valence-electron chi connectivity index (χ3n) is 5.84. The SMILES string of the molecule is CC(C)(F)c1nc(C23CCC(CNc4cc(I)c(F)cn4)(CC2)C3)no1. The van der Waals surface area contributed by atoms with E-state index in [2.05, 4.69) is 20.4 Å². The number of hydrogen-bond acceptors (Lipinski definition) is 5.